The van der Waals surface area contributed by atoms with Crippen LogP contribution in [0.2, 0.25) is 0 Å². The summed E-state index contributed by atoms with van der Waals surface area (Å²) in [5, 5.41) is 11.1. The van der Waals surface area contributed by atoms with E-state index in [-0.39, 0.29) is 22.5 Å². The van der Waals surface area contributed by atoms with Crippen molar-refractivity contribution in [1.29, 1.82) is 0 Å². The highest BCUT2D eigenvalue weighted by molar-refractivity contribution is 6.14. The summed E-state index contributed by atoms with van der Waals surface area (Å²) in [6, 6.07) is 2.29. The highest BCUT2D eigenvalue weighted by Crippen LogP contribution is 2.29. The Balaban J connectivity index is 3.64. The van der Waals surface area contributed by atoms with E-state index in [1.54, 1.807) is 0 Å². The SMILES string of the molecule is COC(=O)c1cc(N(C(C)=O)C(C)=O)cc([N+](=O)[O-])c1C. The van der Waals surface area contributed by atoms with E-state index in [1.165, 1.54) is 13.0 Å². The van der Waals surface area contributed by atoms with E-state index in [1.807, 2.05) is 0 Å². The maximum Gasteiger partial charge on any atom is 0.338 e. The molecule has 0 radical (unpaired) electrons. The molecule has 1 aromatic carbocycles. The van der Waals surface area contributed by atoms with Crippen molar-refractivity contribution in [2.45, 2.75) is 20.8 Å². The maximum absolute atomic E-state index is 11.7. The Kier molecular flexibility index (Phi) is 4.75. The molecule has 0 saturated heterocycles. The van der Waals surface area contributed by atoms with Crippen molar-refractivity contribution in [2.75, 3.05) is 12.0 Å². The average molecular weight is 294 g/mol. The van der Waals surface area contributed by atoms with Crippen molar-refractivity contribution in [3.05, 3.63) is 33.4 Å². The van der Waals surface area contributed by atoms with Crippen LogP contribution in [0.25, 0.3) is 0 Å². The first-order valence-corrected chi connectivity index (χ1v) is 5.89. The molecule has 112 valence electrons. The lowest BCUT2D eigenvalue weighted by atomic mass is 10.0. The number of nitro benzene ring substituents is 1. The Hall–Kier alpha value is -2.77. The van der Waals surface area contributed by atoms with E-state index in [9.17, 15) is 24.5 Å². The van der Waals surface area contributed by atoms with Gasteiger partial charge in [0.15, 0.2) is 0 Å². The number of esters is 1. The molecule has 0 fully saturated rings. The first-order chi connectivity index (χ1) is 9.70. The Morgan fingerprint density at radius 2 is 1.71 bits per heavy atom. The smallest absolute Gasteiger partial charge is 0.338 e. The number of imide groups is 1. The van der Waals surface area contributed by atoms with Gasteiger partial charge in [-0.15, -0.1) is 0 Å². The molecular weight excluding hydrogens is 280 g/mol. The van der Waals surface area contributed by atoms with Crippen molar-refractivity contribution in [3.63, 3.8) is 0 Å². The predicted molar refractivity (Wildman–Crippen MR) is 73.0 cm³/mol. The molecule has 1 rings (SSSR count). The van der Waals surface area contributed by atoms with Gasteiger partial charge >= 0.3 is 5.97 Å². The Bertz CT molecular complexity index is 624. The van der Waals surface area contributed by atoms with Crippen LogP contribution in [0.1, 0.15) is 29.8 Å². The Morgan fingerprint density at radius 1 is 1.19 bits per heavy atom. The molecular formula is C13H14N2O6. The van der Waals surface area contributed by atoms with Gasteiger partial charge in [-0.1, -0.05) is 0 Å². The van der Waals surface area contributed by atoms with Crippen LogP contribution in [0, 0.1) is 17.0 Å². The van der Waals surface area contributed by atoms with Gasteiger partial charge in [0.25, 0.3) is 5.69 Å². The molecule has 0 atom stereocenters. The zero-order valence-electron chi connectivity index (χ0n) is 12.0. The molecule has 0 N–H and O–H groups in total. The second-order valence-corrected chi connectivity index (χ2v) is 4.26. The number of hydrogen-bond donors (Lipinski definition) is 0. The fourth-order valence-electron chi connectivity index (χ4n) is 1.91. The number of carbonyl (C=O) groups is 3. The quantitative estimate of drug-likeness (QED) is 0.476. The topological polar surface area (TPSA) is 107 Å². The van der Waals surface area contributed by atoms with Gasteiger partial charge in [-0.2, -0.15) is 0 Å². The van der Waals surface area contributed by atoms with Gasteiger partial charge in [-0.25, -0.2) is 4.79 Å². The number of hydrogen-bond acceptors (Lipinski definition) is 6. The number of ether oxygens (including phenoxy) is 1. The van der Waals surface area contributed by atoms with E-state index in [2.05, 4.69) is 4.74 Å². The maximum atomic E-state index is 11.7. The molecule has 0 spiro atoms. The number of carbonyl (C=O) groups excluding carboxylic acids is 3. The second kappa shape index (κ2) is 6.12. The zero-order valence-corrected chi connectivity index (χ0v) is 12.0. The summed E-state index contributed by atoms with van der Waals surface area (Å²) in [6.07, 6.45) is 0. The van der Waals surface area contributed by atoms with E-state index >= 15 is 0 Å². The summed E-state index contributed by atoms with van der Waals surface area (Å²) in [6.45, 7) is 3.68. The van der Waals surface area contributed by atoms with Crippen LogP contribution in [0.15, 0.2) is 12.1 Å². The number of anilines is 1. The number of amides is 2. The van der Waals surface area contributed by atoms with Crippen LogP contribution < -0.4 is 4.90 Å². The molecule has 1 aromatic rings. The molecule has 0 bridgehead atoms. The third-order valence-electron chi connectivity index (χ3n) is 2.86. The minimum Gasteiger partial charge on any atom is -0.465 e. The van der Waals surface area contributed by atoms with E-state index in [4.69, 9.17) is 0 Å². The third kappa shape index (κ3) is 3.22. The molecule has 0 aromatic heterocycles. The highest BCUT2D eigenvalue weighted by Gasteiger charge is 2.25. The van der Waals surface area contributed by atoms with Gasteiger partial charge in [0.05, 0.1) is 23.3 Å². The van der Waals surface area contributed by atoms with Crippen LogP contribution in [0.3, 0.4) is 0 Å². The normalized spacial score (nSPS) is 9.90. The summed E-state index contributed by atoms with van der Waals surface area (Å²) < 4.78 is 4.56. The summed E-state index contributed by atoms with van der Waals surface area (Å²) in [5.74, 6) is -2.02. The van der Waals surface area contributed by atoms with Crippen molar-refractivity contribution in [1.82, 2.24) is 0 Å². The van der Waals surface area contributed by atoms with Crippen LogP contribution in [-0.2, 0) is 14.3 Å². The zero-order chi connectivity index (χ0) is 16.3. The second-order valence-electron chi connectivity index (χ2n) is 4.26. The summed E-state index contributed by atoms with van der Waals surface area (Å²) in [4.78, 5) is 45.9. The van der Waals surface area contributed by atoms with Gasteiger partial charge in [0.1, 0.15) is 0 Å². The van der Waals surface area contributed by atoms with Crippen LogP contribution in [-0.4, -0.2) is 29.8 Å². The number of methoxy groups -OCH3 is 1. The van der Waals surface area contributed by atoms with Gasteiger partial charge in [0, 0.05) is 25.5 Å². The lowest BCUT2D eigenvalue weighted by Gasteiger charge is -2.18. The fourth-order valence-corrected chi connectivity index (χ4v) is 1.91. The van der Waals surface area contributed by atoms with Gasteiger partial charge in [0.2, 0.25) is 11.8 Å². The molecule has 8 heteroatoms. The molecule has 8 nitrogen and oxygen atoms in total. The molecule has 0 heterocycles. The van der Waals surface area contributed by atoms with Gasteiger partial charge in [-0.05, 0) is 13.0 Å². The van der Waals surface area contributed by atoms with Gasteiger partial charge in [-0.3, -0.25) is 24.6 Å². The summed E-state index contributed by atoms with van der Waals surface area (Å²) in [7, 11) is 1.13. The number of rotatable bonds is 3. The molecule has 2 amide bonds. The van der Waals surface area contributed by atoms with Crippen LogP contribution in [0.5, 0.6) is 0 Å². The van der Waals surface area contributed by atoms with E-state index in [0.717, 1.165) is 31.9 Å². The molecule has 0 aliphatic heterocycles. The molecule has 0 unspecified atom stereocenters. The van der Waals surface area contributed by atoms with Crippen LogP contribution in [0.4, 0.5) is 11.4 Å². The lowest BCUT2D eigenvalue weighted by molar-refractivity contribution is -0.385. The van der Waals surface area contributed by atoms with E-state index < -0.39 is 22.7 Å². The largest absolute Gasteiger partial charge is 0.465 e. The monoisotopic (exact) mass is 294 g/mol. The third-order valence-corrected chi connectivity index (χ3v) is 2.86. The van der Waals surface area contributed by atoms with Crippen molar-refractivity contribution < 1.29 is 24.0 Å². The number of nitro groups is 1. The first-order valence-electron chi connectivity index (χ1n) is 5.89. The minimum absolute atomic E-state index is 0.0484. The fraction of sp³-hybridized carbons (Fsp3) is 0.308. The Morgan fingerprint density at radius 3 is 2.10 bits per heavy atom. The highest BCUT2D eigenvalue weighted by atomic mass is 16.6. The van der Waals surface area contributed by atoms with Crippen molar-refractivity contribution in [2.24, 2.45) is 0 Å². The standard InChI is InChI=1S/C13H14N2O6/c1-7-11(13(18)21-4)5-10(6-12(7)15(19)20)14(8(2)16)9(3)17/h5-6H,1-4H3. The number of benzene rings is 1. The van der Waals surface area contributed by atoms with Crippen LogP contribution >= 0.6 is 0 Å². The van der Waals surface area contributed by atoms with Gasteiger partial charge < -0.3 is 4.74 Å². The molecule has 0 aliphatic rings. The minimum atomic E-state index is -0.787. The Labute approximate surface area is 120 Å². The molecule has 0 saturated carbocycles. The van der Waals surface area contributed by atoms with Crippen molar-refractivity contribution >= 4 is 29.2 Å². The molecule has 21 heavy (non-hydrogen) atoms. The summed E-state index contributed by atoms with van der Waals surface area (Å²) in [5.41, 5.74) is -0.398. The predicted octanol–water partition coefficient (Wildman–Crippen LogP) is 1.59. The molecule has 0 aliphatic carbocycles. The first kappa shape index (κ1) is 16.3. The number of nitrogens with zero attached hydrogens (tertiary/aromatic N) is 2. The summed E-state index contributed by atoms with van der Waals surface area (Å²) >= 11 is 0. The van der Waals surface area contributed by atoms with Crippen molar-refractivity contribution in [3.8, 4) is 0 Å². The van der Waals surface area contributed by atoms with E-state index in [0.29, 0.717) is 0 Å². The lowest BCUT2D eigenvalue weighted by Crippen LogP contribution is -2.33. The average Bonchev–Trinajstić information content (AvgIpc) is 2.38.